The van der Waals surface area contributed by atoms with Gasteiger partial charge in [0.25, 0.3) is 5.91 Å². The van der Waals surface area contributed by atoms with Crippen LogP contribution in [0.15, 0.2) is 60.0 Å². The molecule has 38 heavy (non-hydrogen) atoms. The molecular formula is C29H31FN2O5S. The molecular weight excluding hydrogens is 507 g/mol. The minimum absolute atomic E-state index is 0.0829. The highest BCUT2D eigenvalue weighted by atomic mass is 32.1. The van der Waals surface area contributed by atoms with E-state index >= 15 is 0 Å². The molecule has 3 heterocycles. The van der Waals surface area contributed by atoms with Crippen molar-refractivity contribution in [3.8, 4) is 11.5 Å². The van der Waals surface area contributed by atoms with Gasteiger partial charge in [0.2, 0.25) is 5.91 Å². The highest BCUT2D eigenvalue weighted by molar-refractivity contribution is 7.10. The van der Waals surface area contributed by atoms with E-state index < -0.39 is 5.82 Å². The van der Waals surface area contributed by atoms with Crippen molar-refractivity contribution in [1.29, 1.82) is 0 Å². The average molecular weight is 539 g/mol. The van der Waals surface area contributed by atoms with Gasteiger partial charge in [0.05, 0.1) is 19.3 Å². The normalized spacial score (nSPS) is 18.6. The summed E-state index contributed by atoms with van der Waals surface area (Å²) in [5.41, 5.74) is 1.49. The van der Waals surface area contributed by atoms with E-state index in [9.17, 15) is 14.0 Å². The lowest BCUT2D eigenvalue weighted by Gasteiger charge is -2.37. The number of ether oxygens (including phenoxy) is 3. The first-order valence-electron chi connectivity index (χ1n) is 12.8. The number of carbonyl (C=O) groups excluding carboxylic acids is 2. The van der Waals surface area contributed by atoms with Crippen molar-refractivity contribution in [3.63, 3.8) is 0 Å². The van der Waals surface area contributed by atoms with Gasteiger partial charge in [-0.2, -0.15) is 0 Å². The fourth-order valence-corrected chi connectivity index (χ4v) is 5.96. The molecule has 0 unspecified atom stereocenters. The van der Waals surface area contributed by atoms with Crippen molar-refractivity contribution in [2.45, 2.75) is 31.4 Å². The lowest BCUT2D eigenvalue weighted by Crippen LogP contribution is -2.49. The van der Waals surface area contributed by atoms with Gasteiger partial charge >= 0.3 is 0 Å². The maximum atomic E-state index is 14.2. The van der Waals surface area contributed by atoms with Crippen LogP contribution in [0.4, 0.5) is 4.39 Å². The number of thiophene rings is 1. The molecule has 2 aromatic carbocycles. The Balaban J connectivity index is 1.35. The SMILES string of the molecule is COc1ccc(C(=O)N(CC(=O)N2CCc3sccc3[C@H]2COc2ccccc2F)C[C@H]2CCCO2)cc1. The Hall–Kier alpha value is -3.43. The molecule has 2 amide bonds. The minimum Gasteiger partial charge on any atom is -0.497 e. The fourth-order valence-electron chi connectivity index (χ4n) is 5.03. The molecule has 3 aromatic rings. The Kier molecular flexibility index (Phi) is 8.24. The van der Waals surface area contributed by atoms with Crippen LogP contribution < -0.4 is 9.47 Å². The number of fused-ring (bicyclic) bond motifs is 1. The Morgan fingerprint density at radius 2 is 1.97 bits per heavy atom. The molecule has 0 radical (unpaired) electrons. The summed E-state index contributed by atoms with van der Waals surface area (Å²) in [6.07, 6.45) is 2.41. The van der Waals surface area contributed by atoms with Gasteiger partial charge in [0.15, 0.2) is 11.6 Å². The molecule has 0 bridgehead atoms. The molecule has 1 aromatic heterocycles. The maximum absolute atomic E-state index is 14.2. The van der Waals surface area contributed by atoms with Gasteiger partial charge in [0, 0.05) is 30.1 Å². The number of amides is 2. The molecule has 0 aliphatic carbocycles. The number of para-hydroxylation sites is 1. The lowest BCUT2D eigenvalue weighted by molar-refractivity contribution is -0.135. The van der Waals surface area contributed by atoms with Gasteiger partial charge in [-0.3, -0.25) is 9.59 Å². The summed E-state index contributed by atoms with van der Waals surface area (Å²) in [6.45, 7) is 1.54. The third kappa shape index (κ3) is 5.84. The van der Waals surface area contributed by atoms with E-state index in [1.807, 2.05) is 11.4 Å². The van der Waals surface area contributed by atoms with Crippen LogP contribution in [0, 0.1) is 5.82 Å². The summed E-state index contributed by atoms with van der Waals surface area (Å²) in [7, 11) is 1.57. The zero-order valence-corrected chi connectivity index (χ0v) is 22.1. The average Bonchev–Trinajstić information content (AvgIpc) is 3.64. The zero-order chi connectivity index (χ0) is 26.5. The van der Waals surface area contributed by atoms with Gasteiger partial charge in [-0.25, -0.2) is 4.39 Å². The largest absolute Gasteiger partial charge is 0.497 e. The molecule has 5 rings (SSSR count). The molecule has 1 fully saturated rings. The number of benzene rings is 2. The smallest absolute Gasteiger partial charge is 0.254 e. The second kappa shape index (κ2) is 12.0. The number of carbonyl (C=O) groups is 2. The fraction of sp³-hybridized carbons (Fsp3) is 0.379. The number of halogens is 1. The maximum Gasteiger partial charge on any atom is 0.254 e. The van der Waals surface area contributed by atoms with Crippen LogP contribution >= 0.6 is 11.3 Å². The van der Waals surface area contributed by atoms with Crippen molar-refractivity contribution < 1.29 is 28.2 Å². The Labute approximate surface area is 225 Å². The molecule has 7 nitrogen and oxygen atoms in total. The second-order valence-corrected chi connectivity index (χ2v) is 10.4. The Morgan fingerprint density at radius 3 is 2.71 bits per heavy atom. The third-order valence-corrected chi connectivity index (χ3v) is 8.04. The first kappa shape index (κ1) is 26.2. The summed E-state index contributed by atoms with van der Waals surface area (Å²) in [5, 5.41) is 2.01. The second-order valence-electron chi connectivity index (χ2n) is 9.44. The number of nitrogens with zero attached hydrogens (tertiary/aromatic N) is 2. The Bertz CT molecular complexity index is 1260. The topological polar surface area (TPSA) is 68.3 Å². The Morgan fingerprint density at radius 1 is 1.16 bits per heavy atom. The van der Waals surface area contributed by atoms with E-state index in [1.54, 1.807) is 70.7 Å². The highest BCUT2D eigenvalue weighted by Gasteiger charge is 2.34. The van der Waals surface area contributed by atoms with Crippen LogP contribution in [0.3, 0.4) is 0 Å². The van der Waals surface area contributed by atoms with Crippen LogP contribution in [0.2, 0.25) is 0 Å². The van der Waals surface area contributed by atoms with Crippen LogP contribution in [-0.2, 0) is 16.0 Å². The summed E-state index contributed by atoms with van der Waals surface area (Å²) in [5.74, 6) is -0.0508. The first-order chi connectivity index (χ1) is 18.5. The third-order valence-electron chi connectivity index (χ3n) is 7.05. The molecule has 9 heteroatoms. The van der Waals surface area contributed by atoms with E-state index in [1.165, 1.54) is 10.9 Å². The van der Waals surface area contributed by atoms with Crippen LogP contribution in [0.1, 0.15) is 39.7 Å². The van der Waals surface area contributed by atoms with Crippen molar-refractivity contribution in [3.05, 3.63) is 81.8 Å². The van der Waals surface area contributed by atoms with E-state index in [0.29, 0.717) is 31.0 Å². The van der Waals surface area contributed by atoms with E-state index in [-0.39, 0.29) is 42.9 Å². The quantitative estimate of drug-likeness (QED) is 0.394. The van der Waals surface area contributed by atoms with Gasteiger partial charge in [-0.05, 0) is 72.7 Å². The van der Waals surface area contributed by atoms with Crippen molar-refractivity contribution in [1.82, 2.24) is 9.80 Å². The predicted octanol–water partition coefficient (Wildman–Crippen LogP) is 4.72. The summed E-state index contributed by atoms with van der Waals surface area (Å²) >= 11 is 1.65. The molecule has 2 aliphatic heterocycles. The molecule has 0 N–H and O–H groups in total. The molecule has 200 valence electrons. The number of methoxy groups -OCH3 is 1. The van der Waals surface area contributed by atoms with Gasteiger partial charge in [-0.15, -0.1) is 11.3 Å². The first-order valence-corrected chi connectivity index (χ1v) is 13.7. The van der Waals surface area contributed by atoms with Gasteiger partial charge in [0.1, 0.15) is 18.9 Å². The van der Waals surface area contributed by atoms with Crippen molar-refractivity contribution in [2.75, 3.05) is 40.0 Å². The summed E-state index contributed by atoms with van der Waals surface area (Å²) in [6, 6.07) is 14.8. The molecule has 2 aliphatic rings. The minimum atomic E-state index is -0.445. The number of hydrogen-bond donors (Lipinski definition) is 0. The van der Waals surface area contributed by atoms with Gasteiger partial charge < -0.3 is 24.0 Å². The number of rotatable bonds is 9. The van der Waals surface area contributed by atoms with Crippen molar-refractivity contribution in [2.24, 2.45) is 0 Å². The van der Waals surface area contributed by atoms with E-state index in [0.717, 1.165) is 24.8 Å². The van der Waals surface area contributed by atoms with Crippen LogP contribution in [-0.4, -0.2) is 67.7 Å². The van der Waals surface area contributed by atoms with Crippen LogP contribution in [0.25, 0.3) is 0 Å². The van der Waals surface area contributed by atoms with Crippen molar-refractivity contribution >= 4 is 23.2 Å². The van der Waals surface area contributed by atoms with Crippen LogP contribution in [0.5, 0.6) is 11.5 Å². The zero-order valence-electron chi connectivity index (χ0n) is 21.3. The summed E-state index contributed by atoms with van der Waals surface area (Å²) in [4.78, 5) is 31.9. The van der Waals surface area contributed by atoms with E-state index in [4.69, 9.17) is 14.2 Å². The molecule has 1 saturated heterocycles. The van der Waals surface area contributed by atoms with E-state index in [2.05, 4.69) is 0 Å². The molecule has 0 saturated carbocycles. The lowest BCUT2D eigenvalue weighted by atomic mass is 10.00. The predicted molar refractivity (Wildman–Crippen MR) is 142 cm³/mol. The summed E-state index contributed by atoms with van der Waals surface area (Å²) < 4.78 is 31.1. The monoisotopic (exact) mass is 538 g/mol. The molecule has 0 spiro atoms. The number of hydrogen-bond acceptors (Lipinski definition) is 6. The molecule has 2 atom stereocenters. The standard InChI is InChI=1S/C29H31FN2O5S/c1-35-21-10-8-20(9-11-21)29(34)31(17-22-5-4-15-36-22)18-28(33)32-14-12-27-23(13-16-38-27)25(32)19-37-26-7-3-2-6-24(26)30/h2-3,6-11,13,16,22,25H,4-5,12,14-15,17-19H2,1H3/t22-,25-/m1/s1. The van der Waals surface area contributed by atoms with Gasteiger partial charge in [-0.1, -0.05) is 12.1 Å². The highest BCUT2D eigenvalue weighted by Crippen LogP contribution is 2.34.